The highest BCUT2D eigenvalue weighted by Gasteiger charge is 2.36. The minimum absolute atomic E-state index is 0.00230. The van der Waals surface area contributed by atoms with Crippen LogP contribution in [0.2, 0.25) is 0 Å². The Morgan fingerprint density at radius 3 is 2.19 bits per heavy atom. The van der Waals surface area contributed by atoms with Gasteiger partial charge < -0.3 is 14.4 Å². The maximum absolute atomic E-state index is 13.5. The summed E-state index contributed by atoms with van der Waals surface area (Å²) in [5, 5.41) is 0. The van der Waals surface area contributed by atoms with E-state index in [1.807, 2.05) is 53.4 Å². The lowest BCUT2D eigenvalue weighted by Crippen LogP contribution is -2.48. The number of rotatable bonds is 8. The normalized spacial score (nSPS) is 16.8. The molecule has 0 bridgehead atoms. The predicted octanol–water partition coefficient (Wildman–Crippen LogP) is 4.55. The van der Waals surface area contributed by atoms with Gasteiger partial charge in [-0.25, -0.2) is 0 Å². The highest BCUT2D eigenvalue weighted by molar-refractivity contribution is 5.96. The molecule has 0 atom stereocenters. The Morgan fingerprint density at radius 1 is 0.935 bits per heavy atom. The van der Waals surface area contributed by atoms with Gasteiger partial charge in [-0.2, -0.15) is 0 Å². The van der Waals surface area contributed by atoms with Crippen LogP contribution in [0.5, 0.6) is 0 Å². The molecule has 2 saturated carbocycles. The van der Waals surface area contributed by atoms with Crippen molar-refractivity contribution in [3.05, 3.63) is 59.4 Å². The van der Waals surface area contributed by atoms with E-state index < -0.39 is 0 Å². The van der Waals surface area contributed by atoms with Crippen molar-refractivity contribution in [2.24, 2.45) is 7.05 Å². The SMILES string of the molecule is CCc1ccc(C(=O)N(CC(=O)N(Cc2cccn2C)C2CC2)C2CCCCC2)cc1. The standard InChI is InChI=1S/C26H35N3O2/c1-3-20-11-13-21(14-12-20)26(31)29(22-8-5-4-6-9-22)19-25(30)28(23-15-16-23)18-24-10-7-17-27(24)2/h7,10-14,17,22-23H,3-6,8-9,15-16,18-19H2,1-2H3. The van der Waals surface area contributed by atoms with Gasteiger partial charge in [-0.3, -0.25) is 9.59 Å². The molecule has 1 heterocycles. The van der Waals surface area contributed by atoms with Crippen LogP contribution in [0.25, 0.3) is 0 Å². The van der Waals surface area contributed by atoms with Gasteiger partial charge in [0.05, 0.1) is 6.54 Å². The van der Waals surface area contributed by atoms with Crippen LogP contribution in [0.4, 0.5) is 0 Å². The molecule has 0 radical (unpaired) electrons. The monoisotopic (exact) mass is 421 g/mol. The maximum atomic E-state index is 13.5. The van der Waals surface area contributed by atoms with E-state index >= 15 is 0 Å². The molecular formula is C26H35N3O2. The van der Waals surface area contributed by atoms with E-state index in [4.69, 9.17) is 0 Å². The summed E-state index contributed by atoms with van der Waals surface area (Å²) in [5.74, 6) is 0.0744. The second-order valence-electron chi connectivity index (χ2n) is 9.14. The topological polar surface area (TPSA) is 45.6 Å². The minimum atomic E-state index is -0.00230. The first-order valence-corrected chi connectivity index (χ1v) is 11.9. The second-order valence-corrected chi connectivity index (χ2v) is 9.14. The van der Waals surface area contributed by atoms with Gasteiger partial charge in [0.1, 0.15) is 6.54 Å². The van der Waals surface area contributed by atoms with Crippen LogP contribution in [-0.4, -0.2) is 44.8 Å². The number of aryl methyl sites for hydroxylation is 2. The molecule has 2 aliphatic carbocycles. The number of carbonyl (C=O) groups is 2. The number of benzene rings is 1. The summed E-state index contributed by atoms with van der Waals surface area (Å²) >= 11 is 0. The minimum Gasteiger partial charge on any atom is -0.353 e. The number of carbonyl (C=O) groups excluding carboxylic acids is 2. The molecule has 166 valence electrons. The third kappa shape index (κ3) is 5.20. The molecule has 1 aromatic heterocycles. The summed E-state index contributed by atoms with van der Waals surface area (Å²) in [4.78, 5) is 30.9. The Kier molecular flexibility index (Phi) is 6.79. The molecule has 2 aromatic rings. The maximum Gasteiger partial charge on any atom is 0.254 e. The number of hydrogen-bond donors (Lipinski definition) is 0. The first kappa shape index (κ1) is 21.7. The summed E-state index contributed by atoms with van der Waals surface area (Å²) < 4.78 is 2.07. The summed E-state index contributed by atoms with van der Waals surface area (Å²) in [6.45, 7) is 2.91. The van der Waals surface area contributed by atoms with Gasteiger partial charge in [-0.05, 0) is 61.9 Å². The lowest BCUT2D eigenvalue weighted by molar-refractivity contribution is -0.133. The Hall–Kier alpha value is -2.56. The van der Waals surface area contributed by atoms with Gasteiger partial charge in [0.25, 0.3) is 5.91 Å². The number of hydrogen-bond acceptors (Lipinski definition) is 2. The van der Waals surface area contributed by atoms with Crippen LogP contribution in [0, 0.1) is 0 Å². The lowest BCUT2D eigenvalue weighted by atomic mass is 9.93. The number of nitrogens with zero attached hydrogens (tertiary/aromatic N) is 3. The quantitative estimate of drug-likeness (QED) is 0.628. The van der Waals surface area contributed by atoms with E-state index in [1.165, 1.54) is 12.0 Å². The zero-order valence-electron chi connectivity index (χ0n) is 18.9. The Morgan fingerprint density at radius 2 is 1.61 bits per heavy atom. The van der Waals surface area contributed by atoms with Crippen molar-refractivity contribution >= 4 is 11.8 Å². The van der Waals surface area contributed by atoms with Crippen molar-refractivity contribution in [1.29, 1.82) is 0 Å². The highest BCUT2D eigenvalue weighted by atomic mass is 16.2. The zero-order chi connectivity index (χ0) is 21.8. The van der Waals surface area contributed by atoms with Crippen LogP contribution >= 0.6 is 0 Å². The molecule has 31 heavy (non-hydrogen) atoms. The predicted molar refractivity (Wildman–Crippen MR) is 123 cm³/mol. The summed E-state index contributed by atoms with van der Waals surface area (Å²) in [6, 6.07) is 12.5. The van der Waals surface area contributed by atoms with E-state index in [2.05, 4.69) is 17.6 Å². The van der Waals surface area contributed by atoms with Crippen LogP contribution in [0.3, 0.4) is 0 Å². The Balaban J connectivity index is 1.53. The average Bonchev–Trinajstić information content (AvgIpc) is 3.57. The average molecular weight is 422 g/mol. The van der Waals surface area contributed by atoms with Gasteiger partial charge >= 0.3 is 0 Å². The van der Waals surface area contributed by atoms with Crippen molar-refractivity contribution in [2.45, 2.75) is 76.9 Å². The number of amides is 2. The molecule has 0 spiro atoms. The second kappa shape index (κ2) is 9.71. The molecule has 2 fully saturated rings. The van der Waals surface area contributed by atoms with E-state index in [0.29, 0.717) is 18.2 Å². The molecule has 0 unspecified atom stereocenters. The third-order valence-electron chi connectivity index (χ3n) is 6.88. The molecule has 5 heteroatoms. The fourth-order valence-corrected chi connectivity index (χ4v) is 4.69. The smallest absolute Gasteiger partial charge is 0.254 e. The fourth-order valence-electron chi connectivity index (χ4n) is 4.69. The summed E-state index contributed by atoms with van der Waals surface area (Å²) in [5.41, 5.74) is 3.04. The molecule has 4 rings (SSSR count). The largest absolute Gasteiger partial charge is 0.353 e. The van der Waals surface area contributed by atoms with E-state index in [0.717, 1.165) is 50.6 Å². The van der Waals surface area contributed by atoms with E-state index in [9.17, 15) is 9.59 Å². The van der Waals surface area contributed by atoms with Gasteiger partial charge in [0.2, 0.25) is 5.91 Å². The summed E-state index contributed by atoms with van der Waals surface area (Å²) in [6.07, 6.45) is 10.6. The first-order valence-electron chi connectivity index (χ1n) is 11.9. The van der Waals surface area contributed by atoms with Gasteiger partial charge in [0, 0.05) is 36.6 Å². The Bertz CT molecular complexity index is 892. The van der Waals surface area contributed by atoms with Crippen molar-refractivity contribution in [3.63, 3.8) is 0 Å². The molecule has 1 aromatic carbocycles. The third-order valence-corrected chi connectivity index (χ3v) is 6.88. The number of aromatic nitrogens is 1. The summed E-state index contributed by atoms with van der Waals surface area (Å²) in [7, 11) is 2.02. The molecule has 5 nitrogen and oxygen atoms in total. The van der Waals surface area contributed by atoms with Crippen molar-refractivity contribution in [3.8, 4) is 0 Å². The van der Waals surface area contributed by atoms with Crippen LogP contribution in [-0.2, 0) is 24.8 Å². The zero-order valence-corrected chi connectivity index (χ0v) is 18.9. The van der Waals surface area contributed by atoms with Crippen LogP contribution < -0.4 is 0 Å². The highest BCUT2D eigenvalue weighted by Crippen LogP contribution is 2.30. The Labute approximate surface area is 186 Å². The molecule has 0 saturated heterocycles. The van der Waals surface area contributed by atoms with E-state index in [-0.39, 0.29) is 24.4 Å². The van der Waals surface area contributed by atoms with Gasteiger partial charge in [-0.1, -0.05) is 38.3 Å². The molecular weight excluding hydrogens is 386 g/mol. The molecule has 2 aliphatic rings. The van der Waals surface area contributed by atoms with Crippen molar-refractivity contribution in [2.75, 3.05) is 6.54 Å². The molecule has 0 aliphatic heterocycles. The van der Waals surface area contributed by atoms with Crippen molar-refractivity contribution < 1.29 is 9.59 Å². The lowest BCUT2D eigenvalue weighted by Gasteiger charge is -2.35. The fraction of sp³-hybridized carbons (Fsp3) is 0.538. The molecule has 0 N–H and O–H groups in total. The van der Waals surface area contributed by atoms with Crippen LogP contribution in [0.15, 0.2) is 42.6 Å². The van der Waals surface area contributed by atoms with Crippen molar-refractivity contribution in [1.82, 2.24) is 14.4 Å². The van der Waals surface area contributed by atoms with Crippen LogP contribution in [0.1, 0.15) is 73.5 Å². The van der Waals surface area contributed by atoms with Gasteiger partial charge in [-0.15, -0.1) is 0 Å². The first-order chi connectivity index (χ1) is 15.1. The molecule has 2 amide bonds. The van der Waals surface area contributed by atoms with E-state index in [1.54, 1.807) is 0 Å². The van der Waals surface area contributed by atoms with Gasteiger partial charge in [0.15, 0.2) is 0 Å².